The number of nitrogens with zero attached hydrogens (tertiary/aromatic N) is 2. The summed E-state index contributed by atoms with van der Waals surface area (Å²) >= 11 is 0. The van der Waals surface area contributed by atoms with Crippen LogP contribution in [0.25, 0.3) is 0 Å². The molecule has 0 spiro atoms. The second-order valence-electron chi connectivity index (χ2n) is 10.1. The quantitative estimate of drug-likeness (QED) is 0.777. The summed E-state index contributed by atoms with van der Waals surface area (Å²) in [7, 11) is 0. The van der Waals surface area contributed by atoms with Gasteiger partial charge in [0.25, 0.3) is 0 Å². The first-order chi connectivity index (χ1) is 13.5. The molecule has 1 amide bonds. The van der Waals surface area contributed by atoms with E-state index in [-0.39, 0.29) is 6.10 Å². The summed E-state index contributed by atoms with van der Waals surface area (Å²) in [6.45, 7) is 8.48. The molecule has 4 fully saturated rings. The average Bonchev–Trinajstić information content (AvgIpc) is 2.72. The number of hydrogen-bond acceptors (Lipinski definition) is 4. The molecular weight excluding hydrogens is 350 g/mol. The number of rotatable bonds is 3. The molecule has 2 saturated carbocycles. The molecule has 0 radical (unpaired) electrons. The van der Waals surface area contributed by atoms with Crippen LogP contribution in [0.4, 0.5) is 0 Å². The van der Waals surface area contributed by atoms with E-state index in [1.807, 2.05) is 0 Å². The first-order valence-electron chi connectivity index (χ1n) is 12.0. The van der Waals surface area contributed by atoms with E-state index in [0.717, 1.165) is 57.8 Å². The maximum absolute atomic E-state index is 13.1. The zero-order valence-electron chi connectivity index (χ0n) is 18.0. The van der Waals surface area contributed by atoms with Gasteiger partial charge in [-0.15, -0.1) is 0 Å². The number of aliphatic hydroxyl groups is 1. The number of carbonyl (C=O) groups excluding carboxylic acids is 1. The summed E-state index contributed by atoms with van der Waals surface area (Å²) in [6, 6.07) is 1.75. The van der Waals surface area contributed by atoms with Gasteiger partial charge in [-0.25, -0.2) is 0 Å². The third-order valence-electron chi connectivity index (χ3n) is 8.55. The van der Waals surface area contributed by atoms with Crippen molar-refractivity contribution in [2.24, 2.45) is 17.8 Å². The normalized spacial score (nSPS) is 42.8. The Morgan fingerprint density at radius 3 is 2.36 bits per heavy atom. The van der Waals surface area contributed by atoms with Crippen molar-refractivity contribution >= 4 is 5.91 Å². The second-order valence-corrected chi connectivity index (χ2v) is 10.1. The van der Waals surface area contributed by atoms with E-state index in [9.17, 15) is 9.90 Å². The Labute approximate surface area is 171 Å². The number of fused-ring (bicyclic) bond motifs is 1. The lowest BCUT2D eigenvalue weighted by Gasteiger charge is -2.49. The van der Waals surface area contributed by atoms with Crippen LogP contribution in [-0.4, -0.2) is 71.2 Å². The molecule has 2 N–H and O–H groups in total. The number of amides is 1. The molecule has 2 heterocycles. The van der Waals surface area contributed by atoms with E-state index in [2.05, 4.69) is 29.0 Å². The average molecular weight is 392 g/mol. The van der Waals surface area contributed by atoms with Gasteiger partial charge in [-0.2, -0.15) is 0 Å². The molecule has 5 atom stereocenters. The van der Waals surface area contributed by atoms with Crippen molar-refractivity contribution in [2.75, 3.05) is 26.2 Å². The van der Waals surface area contributed by atoms with Gasteiger partial charge in [-0.3, -0.25) is 9.69 Å². The largest absolute Gasteiger partial charge is 0.393 e. The maximum Gasteiger partial charge on any atom is 0.223 e. The Morgan fingerprint density at radius 2 is 1.64 bits per heavy atom. The summed E-state index contributed by atoms with van der Waals surface area (Å²) < 4.78 is 0. The molecule has 5 nitrogen and oxygen atoms in total. The lowest BCUT2D eigenvalue weighted by atomic mass is 9.66. The molecule has 5 heteroatoms. The van der Waals surface area contributed by atoms with Gasteiger partial charge in [0.1, 0.15) is 0 Å². The van der Waals surface area contributed by atoms with Crippen molar-refractivity contribution in [3.63, 3.8) is 0 Å². The highest BCUT2D eigenvalue weighted by molar-refractivity contribution is 5.76. The summed E-state index contributed by atoms with van der Waals surface area (Å²) in [5.74, 6) is 2.27. The monoisotopic (exact) mass is 391 g/mol. The highest BCUT2D eigenvalue weighted by Crippen LogP contribution is 2.40. The summed E-state index contributed by atoms with van der Waals surface area (Å²) in [5, 5.41) is 13.6. The molecule has 2 saturated heterocycles. The first-order valence-corrected chi connectivity index (χ1v) is 12.0. The van der Waals surface area contributed by atoms with Gasteiger partial charge >= 0.3 is 0 Å². The standard InChI is InChI=1S/C23H41N3O2/c1-16-20-5-3-4-6-22(20)24-17(2)21(16)15-23(28)26-13-11-25(12-14-26)18-7-9-19(27)10-8-18/h16-22,24,27H,3-15H2,1-2H3. The van der Waals surface area contributed by atoms with Crippen LogP contribution in [0.5, 0.6) is 0 Å². The van der Waals surface area contributed by atoms with Gasteiger partial charge < -0.3 is 15.3 Å². The molecule has 28 heavy (non-hydrogen) atoms. The van der Waals surface area contributed by atoms with E-state index in [4.69, 9.17) is 0 Å². The number of aliphatic hydroxyl groups excluding tert-OH is 1. The molecule has 0 aromatic heterocycles. The molecule has 2 aliphatic heterocycles. The number of carbonyl (C=O) groups is 1. The van der Waals surface area contributed by atoms with Crippen LogP contribution in [0.15, 0.2) is 0 Å². The van der Waals surface area contributed by atoms with Gasteiger partial charge in [0.2, 0.25) is 5.91 Å². The van der Waals surface area contributed by atoms with Crippen molar-refractivity contribution in [3.8, 4) is 0 Å². The van der Waals surface area contributed by atoms with Gasteiger partial charge in [-0.1, -0.05) is 19.8 Å². The van der Waals surface area contributed by atoms with Crippen molar-refractivity contribution in [2.45, 2.75) is 95.9 Å². The van der Waals surface area contributed by atoms with Gasteiger partial charge in [0.15, 0.2) is 0 Å². The van der Waals surface area contributed by atoms with Crippen LogP contribution in [0.3, 0.4) is 0 Å². The predicted molar refractivity (Wildman–Crippen MR) is 112 cm³/mol. The molecule has 160 valence electrons. The third-order valence-corrected chi connectivity index (χ3v) is 8.55. The SMILES string of the molecule is CC1NC2CCCCC2C(C)C1CC(=O)N1CCN(C2CCC(O)CC2)CC1. The van der Waals surface area contributed by atoms with Crippen LogP contribution < -0.4 is 5.32 Å². The smallest absolute Gasteiger partial charge is 0.223 e. The summed E-state index contributed by atoms with van der Waals surface area (Å²) in [5.41, 5.74) is 0. The lowest BCUT2D eigenvalue weighted by Crippen LogP contribution is -2.57. The fourth-order valence-electron chi connectivity index (χ4n) is 6.68. The van der Waals surface area contributed by atoms with Crippen molar-refractivity contribution in [3.05, 3.63) is 0 Å². The van der Waals surface area contributed by atoms with Gasteiger partial charge in [0.05, 0.1) is 6.10 Å². The summed E-state index contributed by atoms with van der Waals surface area (Å²) in [4.78, 5) is 17.8. The fourth-order valence-corrected chi connectivity index (χ4v) is 6.68. The van der Waals surface area contributed by atoms with Crippen LogP contribution in [0.2, 0.25) is 0 Å². The Kier molecular flexibility index (Phi) is 6.63. The minimum atomic E-state index is -0.0871. The Hall–Kier alpha value is -0.650. The lowest BCUT2D eigenvalue weighted by molar-refractivity contribution is -0.136. The van der Waals surface area contributed by atoms with Crippen molar-refractivity contribution in [1.82, 2.24) is 15.1 Å². The van der Waals surface area contributed by atoms with E-state index >= 15 is 0 Å². The highest BCUT2D eigenvalue weighted by atomic mass is 16.3. The Morgan fingerprint density at radius 1 is 0.964 bits per heavy atom. The number of nitrogens with one attached hydrogen (secondary N) is 1. The van der Waals surface area contributed by atoms with Crippen LogP contribution in [0.1, 0.15) is 71.6 Å². The topological polar surface area (TPSA) is 55.8 Å². The molecule has 5 unspecified atom stereocenters. The minimum Gasteiger partial charge on any atom is -0.393 e. The minimum absolute atomic E-state index is 0.0871. The molecule has 4 rings (SSSR count). The van der Waals surface area contributed by atoms with E-state index < -0.39 is 0 Å². The predicted octanol–water partition coefficient (Wildman–Crippen LogP) is 2.63. The second kappa shape index (κ2) is 9.01. The van der Waals surface area contributed by atoms with E-state index in [1.54, 1.807) is 0 Å². The molecular formula is C23H41N3O2. The van der Waals surface area contributed by atoms with Crippen molar-refractivity contribution in [1.29, 1.82) is 0 Å². The Balaban J connectivity index is 1.27. The summed E-state index contributed by atoms with van der Waals surface area (Å²) in [6.07, 6.45) is 10.1. The van der Waals surface area contributed by atoms with Gasteiger partial charge in [-0.05, 0) is 63.2 Å². The third kappa shape index (κ3) is 4.41. The molecule has 0 aromatic rings. The van der Waals surface area contributed by atoms with E-state index in [0.29, 0.717) is 42.3 Å². The zero-order valence-corrected chi connectivity index (χ0v) is 18.0. The van der Waals surface area contributed by atoms with Crippen molar-refractivity contribution < 1.29 is 9.90 Å². The molecule has 4 aliphatic rings. The maximum atomic E-state index is 13.1. The van der Waals surface area contributed by atoms with Crippen LogP contribution >= 0.6 is 0 Å². The first kappa shape index (κ1) is 20.6. The number of piperidine rings is 1. The van der Waals surface area contributed by atoms with E-state index in [1.165, 1.54) is 25.7 Å². The fraction of sp³-hybridized carbons (Fsp3) is 0.957. The Bertz CT molecular complexity index is 526. The van der Waals surface area contributed by atoms with Crippen LogP contribution in [0, 0.1) is 17.8 Å². The highest BCUT2D eigenvalue weighted by Gasteiger charge is 2.42. The van der Waals surface area contributed by atoms with Crippen LogP contribution in [-0.2, 0) is 4.79 Å². The van der Waals surface area contributed by atoms with Gasteiger partial charge in [0, 0.05) is 50.7 Å². The number of piperazine rings is 1. The molecule has 0 aromatic carbocycles. The molecule has 0 bridgehead atoms. The zero-order chi connectivity index (χ0) is 19.7. The molecule has 2 aliphatic carbocycles. The number of hydrogen-bond donors (Lipinski definition) is 2.